The zero-order valence-electron chi connectivity index (χ0n) is 17.8. The first-order chi connectivity index (χ1) is 15.5. The number of carbonyl (C=O) groups is 1. The van der Waals surface area contributed by atoms with Gasteiger partial charge in [0.05, 0.1) is 6.54 Å². The summed E-state index contributed by atoms with van der Waals surface area (Å²) in [5.41, 5.74) is 3.43. The van der Waals surface area contributed by atoms with Crippen LogP contribution in [0.25, 0.3) is 11.5 Å². The highest BCUT2D eigenvalue weighted by Gasteiger charge is 2.16. The maximum atomic E-state index is 12.8. The average molecular weight is 448 g/mol. The van der Waals surface area contributed by atoms with Crippen LogP contribution < -0.4 is 4.74 Å². The Morgan fingerprint density at radius 2 is 1.72 bits per heavy atom. The van der Waals surface area contributed by atoms with Gasteiger partial charge in [-0.3, -0.25) is 4.79 Å². The Kier molecular flexibility index (Phi) is 6.52. The topological polar surface area (TPSA) is 68.5 Å². The molecular formula is C25H22ClN3O3. The molecule has 6 nitrogen and oxygen atoms in total. The predicted octanol–water partition coefficient (Wildman–Crippen LogP) is 5.55. The molecule has 0 saturated carbocycles. The van der Waals surface area contributed by atoms with Crippen molar-refractivity contribution in [2.75, 3.05) is 7.05 Å². The highest BCUT2D eigenvalue weighted by Crippen LogP contribution is 2.21. The highest BCUT2D eigenvalue weighted by atomic mass is 35.5. The van der Waals surface area contributed by atoms with Gasteiger partial charge in [0, 0.05) is 28.8 Å². The molecule has 162 valence electrons. The number of ether oxygens (including phenoxy) is 1. The number of nitrogens with zero attached hydrogens (tertiary/aromatic N) is 3. The molecule has 4 rings (SSSR count). The van der Waals surface area contributed by atoms with Crippen molar-refractivity contribution >= 4 is 17.5 Å². The zero-order valence-corrected chi connectivity index (χ0v) is 18.5. The summed E-state index contributed by atoms with van der Waals surface area (Å²) >= 11 is 6.15. The minimum Gasteiger partial charge on any atom is -0.489 e. The van der Waals surface area contributed by atoms with Gasteiger partial charge in [-0.25, -0.2) is 0 Å². The van der Waals surface area contributed by atoms with E-state index in [1.165, 1.54) is 4.90 Å². The summed E-state index contributed by atoms with van der Waals surface area (Å²) < 4.78 is 11.5. The van der Waals surface area contributed by atoms with Crippen LogP contribution in [0.3, 0.4) is 0 Å². The number of halogens is 1. The Balaban J connectivity index is 1.35. The van der Waals surface area contributed by atoms with Crippen molar-refractivity contribution in [2.45, 2.75) is 20.1 Å². The van der Waals surface area contributed by atoms with Gasteiger partial charge in [0.25, 0.3) is 5.91 Å². The lowest BCUT2D eigenvalue weighted by molar-refractivity contribution is 0.0773. The van der Waals surface area contributed by atoms with Gasteiger partial charge in [0.2, 0.25) is 11.8 Å². The fraction of sp³-hybridized carbons (Fsp3) is 0.160. The maximum absolute atomic E-state index is 12.8. The van der Waals surface area contributed by atoms with Gasteiger partial charge in [-0.15, -0.1) is 10.2 Å². The van der Waals surface area contributed by atoms with E-state index in [4.69, 9.17) is 20.8 Å². The SMILES string of the molecule is Cc1ccc(-c2nnc(CN(C)C(=O)c3ccc(OCc4ccccc4Cl)cc3)o2)cc1. The van der Waals surface area contributed by atoms with Gasteiger partial charge in [0.15, 0.2) is 0 Å². The van der Waals surface area contributed by atoms with Crippen molar-refractivity contribution in [2.24, 2.45) is 0 Å². The standard InChI is InChI=1S/C25H22ClN3O3/c1-17-7-9-18(10-8-17)24-28-27-23(32-24)15-29(2)25(30)19-11-13-21(14-12-19)31-16-20-5-3-4-6-22(20)26/h3-14H,15-16H2,1-2H3. The number of amides is 1. The summed E-state index contributed by atoms with van der Waals surface area (Å²) in [7, 11) is 1.69. The first-order valence-corrected chi connectivity index (χ1v) is 10.5. The lowest BCUT2D eigenvalue weighted by Gasteiger charge is -2.15. The van der Waals surface area contributed by atoms with Crippen molar-refractivity contribution in [1.29, 1.82) is 0 Å². The number of carbonyl (C=O) groups excluding carboxylic acids is 1. The summed E-state index contributed by atoms with van der Waals surface area (Å²) in [5.74, 6) is 1.30. The van der Waals surface area contributed by atoms with Gasteiger partial charge in [-0.1, -0.05) is 47.5 Å². The van der Waals surface area contributed by atoms with Crippen molar-refractivity contribution in [3.63, 3.8) is 0 Å². The molecule has 0 radical (unpaired) electrons. The third-order valence-corrected chi connectivity index (χ3v) is 5.31. The van der Waals surface area contributed by atoms with Crippen LogP contribution >= 0.6 is 11.6 Å². The number of benzene rings is 3. The van der Waals surface area contributed by atoms with E-state index in [1.54, 1.807) is 31.3 Å². The largest absolute Gasteiger partial charge is 0.489 e. The fourth-order valence-corrected chi connectivity index (χ4v) is 3.29. The first kappa shape index (κ1) is 21.6. The summed E-state index contributed by atoms with van der Waals surface area (Å²) in [6.45, 7) is 2.58. The summed E-state index contributed by atoms with van der Waals surface area (Å²) in [4.78, 5) is 14.3. The Labute approximate surface area is 191 Å². The van der Waals surface area contributed by atoms with Gasteiger partial charge < -0.3 is 14.1 Å². The molecule has 3 aromatic carbocycles. The average Bonchev–Trinajstić information content (AvgIpc) is 3.27. The molecule has 4 aromatic rings. The van der Waals surface area contributed by atoms with Crippen LogP contribution in [-0.2, 0) is 13.2 Å². The number of hydrogen-bond donors (Lipinski definition) is 0. The molecule has 0 aliphatic carbocycles. The first-order valence-electron chi connectivity index (χ1n) is 10.1. The Bertz CT molecular complexity index is 1200. The number of aryl methyl sites for hydroxylation is 1. The van der Waals surface area contributed by atoms with Crippen molar-refractivity contribution in [1.82, 2.24) is 15.1 Å². The van der Waals surface area contributed by atoms with E-state index in [-0.39, 0.29) is 12.5 Å². The van der Waals surface area contributed by atoms with E-state index in [1.807, 2.05) is 55.5 Å². The molecule has 0 fully saturated rings. The van der Waals surface area contributed by atoms with E-state index in [2.05, 4.69) is 10.2 Å². The molecule has 7 heteroatoms. The van der Waals surface area contributed by atoms with E-state index in [0.29, 0.717) is 34.7 Å². The lowest BCUT2D eigenvalue weighted by Crippen LogP contribution is -2.26. The molecule has 0 unspecified atom stereocenters. The van der Waals surface area contributed by atoms with Crippen LogP contribution in [0.2, 0.25) is 5.02 Å². The Morgan fingerprint density at radius 3 is 2.44 bits per heavy atom. The quantitative estimate of drug-likeness (QED) is 0.371. The van der Waals surface area contributed by atoms with Gasteiger partial charge >= 0.3 is 0 Å². The predicted molar refractivity (Wildman–Crippen MR) is 122 cm³/mol. The van der Waals surface area contributed by atoms with Gasteiger partial charge in [-0.05, 0) is 49.4 Å². The number of aromatic nitrogens is 2. The molecule has 0 spiro atoms. The molecule has 1 heterocycles. The molecule has 0 saturated heterocycles. The third-order valence-electron chi connectivity index (χ3n) is 4.94. The van der Waals surface area contributed by atoms with Crippen LogP contribution in [0.1, 0.15) is 27.4 Å². The lowest BCUT2D eigenvalue weighted by atomic mass is 10.1. The van der Waals surface area contributed by atoms with Crippen LogP contribution in [0.15, 0.2) is 77.2 Å². The second-order valence-corrected chi connectivity index (χ2v) is 7.84. The molecular weight excluding hydrogens is 426 g/mol. The van der Waals surface area contributed by atoms with E-state index >= 15 is 0 Å². The smallest absolute Gasteiger partial charge is 0.254 e. The van der Waals surface area contributed by atoms with E-state index in [9.17, 15) is 4.79 Å². The third kappa shape index (κ3) is 5.15. The molecule has 0 bridgehead atoms. The van der Waals surface area contributed by atoms with Crippen molar-refractivity contribution < 1.29 is 13.9 Å². The molecule has 0 aliphatic heterocycles. The molecule has 32 heavy (non-hydrogen) atoms. The highest BCUT2D eigenvalue weighted by molar-refractivity contribution is 6.31. The summed E-state index contributed by atoms with van der Waals surface area (Å²) in [5, 5.41) is 8.81. The van der Waals surface area contributed by atoms with Gasteiger partial charge in [0.1, 0.15) is 12.4 Å². The minimum absolute atomic E-state index is 0.155. The molecule has 1 amide bonds. The van der Waals surface area contributed by atoms with Gasteiger partial charge in [-0.2, -0.15) is 0 Å². The van der Waals surface area contributed by atoms with Crippen LogP contribution in [-0.4, -0.2) is 28.1 Å². The monoisotopic (exact) mass is 447 g/mol. The number of rotatable bonds is 7. The second kappa shape index (κ2) is 9.66. The fourth-order valence-electron chi connectivity index (χ4n) is 3.10. The summed E-state index contributed by atoms with van der Waals surface area (Å²) in [6.07, 6.45) is 0. The molecule has 1 aromatic heterocycles. The maximum Gasteiger partial charge on any atom is 0.254 e. The van der Waals surface area contributed by atoms with Crippen LogP contribution in [0.4, 0.5) is 0 Å². The summed E-state index contributed by atoms with van der Waals surface area (Å²) in [6, 6.07) is 22.3. The molecule has 0 atom stereocenters. The van der Waals surface area contributed by atoms with Crippen LogP contribution in [0, 0.1) is 6.92 Å². The van der Waals surface area contributed by atoms with Crippen LogP contribution in [0.5, 0.6) is 5.75 Å². The normalized spacial score (nSPS) is 10.7. The van der Waals surface area contributed by atoms with E-state index < -0.39 is 0 Å². The Morgan fingerprint density at radius 1 is 1.00 bits per heavy atom. The second-order valence-electron chi connectivity index (χ2n) is 7.43. The van der Waals surface area contributed by atoms with E-state index in [0.717, 1.165) is 16.7 Å². The Hall–Kier alpha value is -3.64. The molecule has 0 aliphatic rings. The van der Waals surface area contributed by atoms with Crippen molar-refractivity contribution in [3.05, 3.63) is 100 Å². The molecule has 0 N–H and O–H groups in total. The van der Waals surface area contributed by atoms with Crippen molar-refractivity contribution in [3.8, 4) is 17.2 Å². The number of hydrogen-bond acceptors (Lipinski definition) is 5. The minimum atomic E-state index is -0.155. The zero-order chi connectivity index (χ0) is 22.5.